The Balaban J connectivity index is 1.31. The molecular weight excluding hydrogens is 428 g/mol. The lowest BCUT2D eigenvalue weighted by molar-refractivity contribution is 0.169. The number of thiazole rings is 1. The Morgan fingerprint density at radius 3 is 2.79 bits per heavy atom. The van der Waals surface area contributed by atoms with Gasteiger partial charge in [0.15, 0.2) is 0 Å². The van der Waals surface area contributed by atoms with Gasteiger partial charge in [0, 0.05) is 24.5 Å². The molecule has 0 saturated carbocycles. The molecule has 2 N–H and O–H groups in total. The smallest absolute Gasteiger partial charge is 0.118 e. The average molecular weight is 461 g/mol. The van der Waals surface area contributed by atoms with Crippen molar-refractivity contribution in [3.05, 3.63) is 81.1 Å². The minimum atomic E-state index is -0.493. The summed E-state index contributed by atoms with van der Waals surface area (Å²) < 4.78 is 2.26. The van der Waals surface area contributed by atoms with Crippen molar-refractivity contribution in [2.24, 2.45) is 7.05 Å². The summed E-state index contributed by atoms with van der Waals surface area (Å²) in [6.45, 7) is 4.84. The van der Waals surface area contributed by atoms with Crippen LogP contribution < -0.4 is 5.32 Å². The number of rotatable bonds is 8. The van der Waals surface area contributed by atoms with Gasteiger partial charge in [0.1, 0.15) is 5.82 Å². The van der Waals surface area contributed by atoms with Crippen LogP contribution in [0.3, 0.4) is 0 Å². The molecule has 1 aliphatic carbocycles. The second-order valence-electron chi connectivity index (χ2n) is 9.13. The lowest BCUT2D eigenvalue weighted by Crippen LogP contribution is -2.34. The van der Waals surface area contributed by atoms with Crippen LogP contribution in [-0.4, -0.2) is 32.2 Å². The summed E-state index contributed by atoms with van der Waals surface area (Å²) in [7, 11) is 2.14. The third-order valence-corrected chi connectivity index (χ3v) is 7.92. The van der Waals surface area contributed by atoms with E-state index in [1.54, 1.807) is 0 Å². The zero-order valence-electron chi connectivity index (χ0n) is 19.6. The minimum Gasteiger partial charge on any atom is -0.387 e. The van der Waals surface area contributed by atoms with Gasteiger partial charge in [-0.2, -0.15) is 0 Å². The fraction of sp³-hybridized carbons (Fsp3) is 0.407. The highest BCUT2D eigenvalue weighted by molar-refractivity contribution is 7.11. The van der Waals surface area contributed by atoms with E-state index in [0.717, 1.165) is 47.6 Å². The Morgan fingerprint density at radius 2 is 2.00 bits per heavy atom. The number of aliphatic hydroxyl groups is 1. The Kier molecular flexibility index (Phi) is 6.32. The summed E-state index contributed by atoms with van der Waals surface area (Å²) in [5.41, 5.74) is 5.72. The Morgan fingerprint density at radius 1 is 1.18 bits per heavy atom. The van der Waals surface area contributed by atoms with Gasteiger partial charge in [0.05, 0.1) is 33.8 Å². The fourth-order valence-electron chi connectivity index (χ4n) is 5.01. The van der Waals surface area contributed by atoms with Crippen molar-refractivity contribution < 1.29 is 5.11 Å². The fourth-order valence-corrected chi connectivity index (χ4v) is 6.02. The second-order valence-corrected chi connectivity index (χ2v) is 10.4. The summed E-state index contributed by atoms with van der Waals surface area (Å²) in [6.07, 6.45) is 3.65. The van der Waals surface area contributed by atoms with Gasteiger partial charge in [0.25, 0.3) is 0 Å². The van der Waals surface area contributed by atoms with Crippen LogP contribution >= 0.6 is 11.3 Å². The number of hydrogen-bond donors (Lipinski definition) is 2. The van der Waals surface area contributed by atoms with Crippen molar-refractivity contribution in [1.29, 1.82) is 0 Å². The van der Waals surface area contributed by atoms with Crippen LogP contribution in [0.2, 0.25) is 0 Å². The van der Waals surface area contributed by atoms with E-state index < -0.39 is 6.10 Å². The van der Waals surface area contributed by atoms with Crippen LogP contribution in [0, 0.1) is 6.92 Å². The van der Waals surface area contributed by atoms with Gasteiger partial charge >= 0.3 is 0 Å². The Bertz CT molecular complexity index is 1250. The predicted molar refractivity (Wildman–Crippen MR) is 135 cm³/mol. The summed E-state index contributed by atoms with van der Waals surface area (Å²) in [5, 5.41) is 15.2. The first-order chi connectivity index (χ1) is 16.0. The molecule has 0 spiro atoms. The van der Waals surface area contributed by atoms with E-state index in [9.17, 15) is 5.11 Å². The zero-order chi connectivity index (χ0) is 22.9. The first kappa shape index (κ1) is 22.3. The van der Waals surface area contributed by atoms with Crippen molar-refractivity contribution in [1.82, 2.24) is 19.9 Å². The molecule has 0 fully saturated rings. The predicted octanol–water partition coefficient (Wildman–Crippen LogP) is 5.06. The van der Waals surface area contributed by atoms with E-state index in [1.165, 1.54) is 21.7 Å². The quantitative estimate of drug-likeness (QED) is 0.386. The van der Waals surface area contributed by atoms with Crippen LogP contribution in [0.25, 0.3) is 11.0 Å². The summed E-state index contributed by atoms with van der Waals surface area (Å²) in [4.78, 5) is 11.3. The summed E-state index contributed by atoms with van der Waals surface area (Å²) in [5.74, 6) is 1.43. The van der Waals surface area contributed by atoms with Gasteiger partial charge in [0.2, 0.25) is 0 Å². The number of hydrogen-bond acceptors (Lipinski definition) is 5. The molecule has 6 heteroatoms. The number of aromatic nitrogens is 3. The maximum atomic E-state index is 10.5. The Labute approximate surface area is 199 Å². The van der Waals surface area contributed by atoms with E-state index >= 15 is 0 Å². The number of imidazole rings is 1. The number of aryl methyl sites for hydroxylation is 3. The Hall–Kier alpha value is -2.54. The normalized spacial score (nSPS) is 17.4. The third-order valence-electron chi connectivity index (χ3n) is 6.88. The molecule has 2 aromatic carbocycles. The third kappa shape index (κ3) is 4.47. The van der Waals surface area contributed by atoms with E-state index in [4.69, 9.17) is 9.97 Å². The second kappa shape index (κ2) is 9.37. The molecule has 0 amide bonds. The number of aliphatic hydroxyl groups excluding tert-OH is 1. The number of nitrogens with zero attached hydrogens (tertiary/aromatic N) is 3. The summed E-state index contributed by atoms with van der Waals surface area (Å²) in [6, 6.07) is 16.8. The largest absolute Gasteiger partial charge is 0.387 e. The van der Waals surface area contributed by atoms with Gasteiger partial charge in [-0.25, -0.2) is 9.97 Å². The van der Waals surface area contributed by atoms with E-state index in [0.29, 0.717) is 18.5 Å². The van der Waals surface area contributed by atoms with Gasteiger partial charge < -0.3 is 15.0 Å². The average Bonchev–Trinajstić information content (AvgIpc) is 3.49. The van der Waals surface area contributed by atoms with Crippen LogP contribution in [-0.2, 0) is 19.9 Å². The van der Waals surface area contributed by atoms with Crippen molar-refractivity contribution in [3.63, 3.8) is 0 Å². The molecule has 4 aromatic rings. The maximum Gasteiger partial charge on any atom is 0.118 e. The molecular formula is C27H32N4OS. The molecule has 3 atom stereocenters. The lowest BCUT2D eigenvalue weighted by atomic mass is 10.0. The van der Waals surface area contributed by atoms with Gasteiger partial charge in [-0.3, -0.25) is 0 Å². The van der Waals surface area contributed by atoms with Crippen LogP contribution in [0.1, 0.15) is 64.3 Å². The van der Waals surface area contributed by atoms with Crippen molar-refractivity contribution >= 4 is 22.4 Å². The molecule has 33 heavy (non-hydrogen) atoms. The molecule has 5 rings (SSSR count). The standard InChI is InChI=1S/C27H32N4OS/c1-4-20(28-16-24(32)19-8-6-5-7-9-19)14-18-10-12-22-23(15-18)31(3)27(30-22)21-11-13-25-26(21)29-17(2)33-25/h5-10,12,15,20-21,24,28,32H,4,11,13-14,16H2,1-3H3/t20-,21-,24-/m0/s1. The molecule has 0 unspecified atom stereocenters. The van der Waals surface area contributed by atoms with Crippen LogP contribution in [0.15, 0.2) is 48.5 Å². The lowest BCUT2D eigenvalue weighted by Gasteiger charge is -2.20. The highest BCUT2D eigenvalue weighted by Crippen LogP contribution is 2.40. The van der Waals surface area contributed by atoms with E-state index in [2.05, 4.69) is 49.0 Å². The highest BCUT2D eigenvalue weighted by atomic mass is 32.1. The monoisotopic (exact) mass is 460 g/mol. The summed E-state index contributed by atoms with van der Waals surface area (Å²) >= 11 is 1.83. The van der Waals surface area contributed by atoms with Gasteiger partial charge in [-0.05, 0) is 55.9 Å². The minimum absolute atomic E-state index is 0.301. The van der Waals surface area contributed by atoms with Crippen molar-refractivity contribution in [2.75, 3.05) is 6.54 Å². The zero-order valence-corrected chi connectivity index (χ0v) is 20.4. The molecule has 2 aromatic heterocycles. The number of fused-ring (bicyclic) bond motifs is 2. The molecule has 5 nitrogen and oxygen atoms in total. The van der Waals surface area contributed by atoms with Crippen LogP contribution in [0.4, 0.5) is 0 Å². The molecule has 0 radical (unpaired) electrons. The maximum absolute atomic E-state index is 10.5. The van der Waals surface area contributed by atoms with E-state index in [-0.39, 0.29) is 0 Å². The SMILES string of the molecule is CC[C@@H](Cc1ccc2nc([C@H]3CCc4sc(C)nc43)n(C)c2c1)NC[C@H](O)c1ccccc1. The molecule has 172 valence electrons. The van der Waals surface area contributed by atoms with Crippen LogP contribution in [0.5, 0.6) is 0 Å². The first-order valence-electron chi connectivity index (χ1n) is 11.9. The highest BCUT2D eigenvalue weighted by Gasteiger charge is 2.31. The molecule has 0 saturated heterocycles. The van der Waals surface area contributed by atoms with Crippen molar-refractivity contribution in [2.45, 2.75) is 57.6 Å². The number of nitrogens with one attached hydrogen (secondary N) is 1. The van der Waals surface area contributed by atoms with Gasteiger partial charge in [-0.1, -0.05) is 43.3 Å². The van der Waals surface area contributed by atoms with E-state index in [1.807, 2.05) is 41.7 Å². The first-order valence-corrected chi connectivity index (χ1v) is 12.7. The molecule has 1 aliphatic rings. The van der Waals surface area contributed by atoms with Crippen molar-refractivity contribution in [3.8, 4) is 0 Å². The topological polar surface area (TPSA) is 63.0 Å². The molecule has 2 heterocycles. The molecule has 0 bridgehead atoms. The molecule has 0 aliphatic heterocycles. The number of benzene rings is 2. The van der Waals surface area contributed by atoms with Gasteiger partial charge in [-0.15, -0.1) is 11.3 Å².